The molecule has 0 bridgehead atoms. The van der Waals surface area contributed by atoms with E-state index in [1.165, 1.54) is 11.3 Å². The molecule has 0 radical (unpaired) electrons. The van der Waals surface area contributed by atoms with Gasteiger partial charge in [-0.25, -0.2) is 4.98 Å². The van der Waals surface area contributed by atoms with Crippen LogP contribution in [0, 0.1) is 5.41 Å². The molecule has 8 heteroatoms. The Balaban J connectivity index is 1.49. The van der Waals surface area contributed by atoms with Gasteiger partial charge in [0, 0.05) is 30.9 Å². The Morgan fingerprint density at radius 1 is 1.27 bits per heavy atom. The van der Waals surface area contributed by atoms with E-state index in [2.05, 4.69) is 4.98 Å². The van der Waals surface area contributed by atoms with E-state index in [0.29, 0.717) is 44.8 Å². The Hall–Kier alpha value is -2.87. The highest BCUT2D eigenvalue weighted by molar-refractivity contribution is 7.15. The molecule has 1 atom stereocenters. The highest BCUT2D eigenvalue weighted by Gasteiger charge is 2.45. The Morgan fingerprint density at radius 2 is 2.10 bits per heavy atom. The van der Waals surface area contributed by atoms with Gasteiger partial charge in [-0.05, 0) is 38.3 Å². The zero-order valence-corrected chi connectivity index (χ0v) is 17.8. The maximum Gasteiger partial charge on any atom is 0.314 e. The monoisotopic (exact) mass is 427 g/mol. The number of esters is 1. The van der Waals surface area contributed by atoms with Gasteiger partial charge in [-0.1, -0.05) is 18.2 Å². The van der Waals surface area contributed by atoms with E-state index >= 15 is 0 Å². The van der Waals surface area contributed by atoms with Crippen LogP contribution in [0.2, 0.25) is 0 Å². The number of fused-ring (bicyclic) bond motifs is 1. The third-order valence-electron chi connectivity index (χ3n) is 5.48. The van der Waals surface area contributed by atoms with Crippen molar-refractivity contribution in [3.8, 4) is 5.75 Å². The van der Waals surface area contributed by atoms with Crippen molar-refractivity contribution in [3.63, 3.8) is 0 Å². The van der Waals surface area contributed by atoms with Crippen molar-refractivity contribution >= 4 is 28.2 Å². The van der Waals surface area contributed by atoms with E-state index < -0.39 is 5.41 Å². The van der Waals surface area contributed by atoms with Crippen molar-refractivity contribution in [1.82, 2.24) is 14.3 Å². The molecule has 1 aliphatic heterocycles. The van der Waals surface area contributed by atoms with E-state index in [0.717, 1.165) is 17.1 Å². The molecule has 7 nitrogen and oxygen atoms in total. The van der Waals surface area contributed by atoms with Gasteiger partial charge in [0.25, 0.3) is 5.91 Å². The fourth-order valence-electron chi connectivity index (χ4n) is 3.94. The molecule has 1 aliphatic rings. The van der Waals surface area contributed by atoms with Gasteiger partial charge >= 0.3 is 5.97 Å². The number of hydrogen-bond acceptors (Lipinski definition) is 6. The third kappa shape index (κ3) is 4.18. The summed E-state index contributed by atoms with van der Waals surface area (Å²) in [5.74, 6) is 0.353. The number of nitrogens with zero attached hydrogens (tertiary/aromatic N) is 3. The van der Waals surface area contributed by atoms with E-state index in [9.17, 15) is 9.59 Å². The van der Waals surface area contributed by atoms with Gasteiger partial charge in [-0.2, -0.15) is 0 Å². The first-order valence-electron chi connectivity index (χ1n) is 10.2. The van der Waals surface area contributed by atoms with Gasteiger partial charge in [-0.15, -0.1) is 11.3 Å². The number of rotatable bonds is 7. The van der Waals surface area contributed by atoms with Crippen LogP contribution in [0.5, 0.6) is 5.75 Å². The minimum absolute atomic E-state index is 0.150. The second kappa shape index (κ2) is 8.87. The first-order valence-corrected chi connectivity index (χ1v) is 11.1. The summed E-state index contributed by atoms with van der Waals surface area (Å²) >= 11 is 1.48. The molecule has 4 rings (SSSR count). The molecule has 1 unspecified atom stereocenters. The number of hydrogen-bond donors (Lipinski definition) is 0. The van der Waals surface area contributed by atoms with Crippen molar-refractivity contribution in [2.45, 2.75) is 26.2 Å². The van der Waals surface area contributed by atoms with E-state index in [-0.39, 0.29) is 11.9 Å². The van der Waals surface area contributed by atoms with Gasteiger partial charge in [0.05, 0.1) is 18.6 Å². The van der Waals surface area contributed by atoms with E-state index in [4.69, 9.17) is 9.47 Å². The smallest absolute Gasteiger partial charge is 0.314 e. The second-order valence-electron chi connectivity index (χ2n) is 7.46. The van der Waals surface area contributed by atoms with E-state index in [1.807, 2.05) is 46.3 Å². The van der Waals surface area contributed by atoms with Gasteiger partial charge in [0.2, 0.25) is 0 Å². The van der Waals surface area contributed by atoms with Crippen molar-refractivity contribution < 1.29 is 19.1 Å². The number of aromatic nitrogens is 2. The largest absolute Gasteiger partial charge is 0.494 e. The lowest BCUT2D eigenvalue weighted by Gasteiger charge is -2.40. The molecule has 0 aliphatic carbocycles. The summed E-state index contributed by atoms with van der Waals surface area (Å²) in [7, 11) is 0. The fourth-order valence-corrected chi connectivity index (χ4v) is 4.64. The minimum Gasteiger partial charge on any atom is -0.494 e. The molecule has 158 valence electrons. The van der Waals surface area contributed by atoms with E-state index in [1.54, 1.807) is 18.0 Å². The molecular formula is C22H25N3O4S. The topological polar surface area (TPSA) is 73.1 Å². The number of benzene rings is 1. The minimum atomic E-state index is -0.768. The standard InChI is InChI=1S/C22H25N3O4S/c1-2-28-20(27)22(10-13-29-17-7-4-3-5-8-17)9-6-11-25(16-22)19(26)18-15-24-12-14-30-21(24)23-18/h3-5,7-8,12,14-15H,2,6,9-11,13,16H2,1H3. The maximum atomic E-state index is 13.1. The molecule has 30 heavy (non-hydrogen) atoms. The molecule has 1 fully saturated rings. The number of amides is 1. The summed E-state index contributed by atoms with van der Waals surface area (Å²) in [6.45, 7) is 3.41. The lowest BCUT2D eigenvalue weighted by Crippen LogP contribution is -2.51. The second-order valence-corrected chi connectivity index (χ2v) is 8.33. The van der Waals surface area contributed by atoms with Crippen LogP contribution in [0.3, 0.4) is 0 Å². The number of carbonyl (C=O) groups is 2. The fraction of sp³-hybridized carbons (Fsp3) is 0.409. The number of ether oxygens (including phenoxy) is 2. The Kier molecular flexibility index (Phi) is 6.03. The molecule has 0 N–H and O–H groups in total. The highest BCUT2D eigenvalue weighted by Crippen LogP contribution is 2.36. The average molecular weight is 428 g/mol. The zero-order valence-electron chi connectivity index (χ0n) is 17.0. The van der Waals surface area contributed by atoms with Gasteiger partial charge in [0.1, 0.15) is 11.4 Å². The molecule has 3 aromatic rings. The molecule has 2 aromatic heterocycles. The number of thiazole rings is 1. The summed E-state index contributed by atoms with van der Waals surface area (Å²) in [5.41, 5.74) is -0.363. The quantitative estimate of drug-likeness (QED) is 0.538. The van der Waals surface area contributed by atoms with Crippen molar-refractivity contribution in [2.75, 3.05) is 26.3 Å². The number of likely N-dealkylation sites (tertiary alicyclic amines) is 1. The number of imidazole rings is 1. The maximum absolute atomic E-state index is 13.1. The van der Waals surface area contributed by atoms with Crippen molar-refractivity contribution in [1.29, 1.82) is 0 Å². The predicted octanol–water partition coefficient (Wildman–Crippen LogP) is 3.65. The Labute approximate surface area is 179 Å². The molecular weight excluding hydrogens is 402 g/mol. The number of para-hydroxylation sites is 1. The van der Waals surface area contributed by atoms with Gasteiger partial charge in [0.15, 0.2) is 4.96 Å². The van der Waals surface area contributed by atoms with Crippen LogP contribution < -0.4 is 4.74 Å². The number of carbonyl (C=O) groups excluding carboxylic acids is 2. The molecule has 3 heterocycles. The summed E-state index contributed by atoms with van der Waals surface area (Å²) in [6.07, 6.45) is 5.52. The summed E-state index contributed by atoms with van der Waals surface area (Å²) in [6, 6.07) is 9.52. The van der Waals surface area contributed by atoms with Crippen molar-refractivity contribution in [3.05, 3.63) is 53.8 Å². The van der Waals surface area contributed by atoms with Crippen LogP contribution in [-0.4, -0.2) is 52.5 Å². The lowest BCUT2D eigenvalue weighted by molar-refractivity contribution is -0.159. The SMILES string of the molecule is CCOC(=O)C1(CCOc2ccccc2)CCCN(C(=O)c2cn3ccsc3n2)C1. The van der Waals surface area contributed by atoms with Crippen LogP contribution in [0.15, 0.2) is 48.1 Å². The van der Waals surface area contributed by atoms with Crippen LogP contribution in [0.1, 0.15) is 36.7 Å². The van der Waals surface area contributed by atoms with Crippen LogP contribution in [0.4, 0.5) is 0 Å². The Morgan fingerprint density at radius 3 is 2.87 bits per heavy atom. The molecule has 1 amide bonds. The summed E-state index contributed by atoms with van der Waals surface area (Å²) < 4.78 is 13.1. The normalized spacial score (nSPS) is 19.0. The van der Waals surface area contributed by atoms with Crippen LogP contribution in [-0.2, 0) is 9.53 Å². The highest BCUT2D eigenvalue weighted by atomic mass is 32.1. The van der Waals surface area contributed by atoms with Crippen molar-refractivity contribution in [2.24, 2.45) is 5.41 Å². The first-order chi connectivity index (χ1) is 14.6. The zero-order chi connectivity index (χ0) is 21.0. The Bertz CT molecular complexity index is 987. The van der Waals surface area contributed by atoms with Gasteiger partial charge in [-0.3, -0.25) is 14.0 Å². The van der Waals surface area contributed by atoms with Crippen LogP contribution >= 0.6 is 11.3 Å². The molecule has 1 aromatic carbocycles. The summed E-state index contributed by atoms with van der Waals surface area (Å²) in [5, 5.41) is 1.93. The van der Waals surface area contributed by atoms with Crippen LogP contribution in [0.25, 0.3) is 4.96 Å². The summed E-state index contributed by atoms with van der Waals surface area (Å²) in [4.78, 5) is 33.0. The number of piperidine rings is 1. The lowest BCUT2D eigenvalue weighted by atomic mass is 9.77. The predicted molar refractivity (Wildman–Crippen MR) is 114 cm³/mol. The van der Waals surface area contributed by atoms with Gasteiger partial charge < -0.3 is 14.4 Å². The average Bonchev–Trinajstić information content (AvgIpc) is 3.37. The molecule has 0 saturated carbocycles. The molecule has 1 saturated heterocycles. The third-order valence-corrected chi connectivity index (χ3v) is 6.25. The first kappa shape index (κ1) is 20.4. The molecule has 0 spiro atoms.